The largest absolute Gasteiger partial charge is 0.480 e. The fraction of sp³-hybridized carbons (Fsp3) is 0.867. The van der Waals surface area contributed by atoms with E-state index < -0.39 is 5.97 Å². The van der Waals surface area contributed by atoms with Crippen molar-refractivity contribution in [3.05, 3.63) is 0 Å². The predicted molar refractivity (Wildman–Crippen MR) is 80.2 cm³/mol. The topological polar surface area (TPSA) is 70.1 Å². The number of carbonyl (C=O) groups excluding carboxylic acids is 1. The molecule has 0 bridgehead atoms. The van der Waals surface area contributed by atoms with Gasteiger partial charge in [-0.1, -0.05) is 0 Å². The number of hydrogen-bond donors (Lipinski definition) is 1. The minimum Gasteiger partial charge on any atom is -0.480 e. The van der Waals surface area contributed by atoms with Crippen LogP contribution in [0.4, 0.5) is 0 Å². The summed E-state index contributed by atoms with van der Waals surface area (Å²) in [6.07, 6.45) is 1.56. The molecule has 1 aliphatic heterocycles. The van der Waals surface area contributed by atoms with Crippen molar-refractivity contribution in [3.63, 3.8) is 0 Å². The van der Waals surface area contributed by atoms with Crippen molar-refractivity contribution in [2.45, 2.75) is 58.7 Å². The number of aliphatic carboxylic acids is 1. The lowest BCUT2D eigenvalue weighted by molar-refractivity contribution is -0.145. The SMILES string of the molecule is CC(C)N(C(=O)CN1CCC(OCC(=O)O)CC1)C(C)C. The number of hydrogen-bond acceptors (Lipinski definition) is 4. The first-order chi connectivity index (χ1) is 9.81. The zero-order valence-corrected chi connectivity index (χ0v) is 13.5. The van der Waals surface area contributed by atoms with Crippen molar-refractivity contribution in [1.82, 2.24) is 9.80 Å². The third kappa shape index (κ3) is 6.01. The van der Waals surface area contributed by atoms with E-state index in [0.29, 0.717) is 6.54 Å². The summed E-state index contributed by atoms with van der Waals surface area (Å²) in [5.41, 5.74) is 0. The van der Waals surface area contributed by atoms with E-state index in [0.717, 1.165) is 25.9 Å². The van der Waals surface area contributed by atoms with E-state index in [-0.39, 0.29) is 30.7 Å². The molecule has 6 nitrogen and oxygen atoms in total. The molecule has 1 saturated heterocycles. The molecule has 1 rings (SSSR count). The molecule has 6 heteroatoms. The van der Waals surface area contributed by atoms with E-state index in [9.17, 15) is 9.59 Å². The summed E-state index contributed by atoms with van der Waals surface area (Å²) in [5, 5.41) is 8.59. The predicted octanol–water partition coefficient (Wildman–Crippen LogP) is 1.20. The fourth-order valence-electron chi connectivity index (χ4n) is 2.87. The van der Waals surface area contributed by atoms with Crippen molar-refractivity contribution < 1.29 is 19.4 Å². The lowest BCUT2D eigenvalue weighted by atomic mass is 10.1. The van der Waals surface area contributed by atoms with Crippen molar-refractivity contribution in [2.24, 2.45) is 0 Å². The van der Waals surface area contributed by atoms with E-state index >= 15 is 0 Å². The van der Waals surface area contributed by atoms with Gasteiger partial charge >= 0.3 is 5.97 Å². The van der Waals surface area contributed by atoms with Gasteiger partial charge in [0.05, 0.1) is 12.6 Å². The van der Waals surface area contributed by atoms with Crippen LogP contribution in [-0.2, 0) is 14.3 Å². The number of likely N-dealkylation sites (tertiary alicyclic amines) is 1. The lowest BCUT2D eigenvalue weighted by Gasteiger charge is -2.35. The molecule has 0 aromatic rings. The molecule has 1 fully saturated rings. The highest BCUT2D eigenvalue weighted by Gasteiger charge is 2.25. The second kappa shape index (κ2) is 8.34. The van der Waals surface area contributed by atoms with Crippen LogP contribution >= 0.6 is 0 Å². The van der Waals surface area contributed by atoms with Crippen molar-refractivity contribution in [3.8, 4) is 0 Å². The van der Waals surface area contributed by atoms with E-state index in [1.807, 2.05) is 32.6 Å². The molecule has 0 aromatic carbocycles. The molecule has 1 heterocycles. The van der Waals surface area contributed by atoms with Crippen molar-refractivity contribution in [2.75, 3.05) is 26.2 Å². The monoisotopic (exact) mass is 300 g/mol. The van der Waals surface area contributed by atoms with Gasteiger partial charge in [0.15, 0.2) is 0 Å². The average molecular weight is 300 g/mol. The Morgan fingerprint density at radius 3 is 2.14 bits per heavy atom. The Balaban J connectivity index is 2.38. The molecule has 0 radical (unpaired) electrons. The molecule has 0 atom stereocenters. The molecule has 1 N–H and O–H groups in total. The van der Waals surface area contributed by atoms with Gasteiger partial charge in [0.2, 0.25) is 5.91 Å². The maximum Gasteiger partial charge on any atom is 0.329 e. The highest BCUT2D eigenvalue weighted by molar-refractivity contribution is 5.78. The van der Waals surface area contributed by atoms with Crippen LogP contribution in [0.15, 0.2) is 0 Å². The Morgan fingerprint density at radius 1 is 1.19 bits per heavy atom. The van der Waals surface area contributed by atoms with E-state index in [2.05, 4.69) is 4.90 Å². The van der Waals surface area contributed by atoms with Gasteiger partial charge in [-0.3, -0.25) is 9.69 Å². The Bertz CT molecular complexity index is 342. The minimum atomic E-state index is -0.933. The Morgan fingerprint density at radius 2 is 1.71 bits per heavy atom. The highest BCUT2D eigenvalue weighted by atomic mass is 16.5. The third-order valence-corrected chi connectivity index (χ3v) is 3.74. The lowest BCUT2D eigenvalue weighted by Crippen LogP contribution is -2.49. The van der Waals surface area contributed by atoms with Crippen molar-refractivity contribution in [1.29, 1.82) is 0 Å². The normalized spacial score (nSPS) is 17.4. The molecule has 0 spiro atoms. The minimum absolute atomic E-state index is 0.00115. The summed E-state index contributed by atoms with van der Waals surface area (Å²) in [7, 11) is 0. The molecule has 21 heavy (non-hydrogen) atoms. The number of piperidine rings is 1. The fourth-order valence-corrected chi connectivity index (χ4v) is 2.87. The number of carboxylic acid groups (broad SMARTS) is 1. The number of nitrogens with zero attached hydrogens (tertiary/aromatic N) is 2. The molecule has 0 aromatic heterocycles. The Labute approximate surface area is 127 Å². The van der Waals surface area contributed by atoms with Crippen molar-refractivity contribution >= 4 is 11.9 Å². The first kappa shape index (κ1) is 17.9. The average Bonchev–Trinajstić information content (AvgIpc) is 2.36. The summed E-state index contributed by atoms with van der Waals surface area (Å²) in [6.45, 7) is 9.88. The molecule has 0 unspecified atom stereocenters. The van der Waals surface area contributed by atoms with Crippen LogP contribution in [0, 0.1) is 0 Å². The molecule has 1 aliphatic rings. The van der Waals surface area contributed by atoms with E-state index in [1.165, 1.54) is 0 Å². The first-order valence-electron chi connectivity index (χ1n) is 7.68. The second-order valence-electron chi connectivity index (χ2n) is 6.17. The molecule has 0 aliphatic carbocycles. The smallest absolute Gasteiger partial charge is 0.329 e. The Hall–Kier alpha value is -1.14. The van der Waals surface area contributed by atoms with Gasteiger partial charge in [-0.2, -0.15) is 0 Å². The maximum absolute atomic E-state index is 12.4. The van der Waals surface area contributed by atoms with Gasteiger partial charge in [-0.15, -0.1) is 0 Å². The zero-order valence-electron chi connectivity index (χ0n) is 13.5. The maximum atomic E-state index is 12.4. The van der Waals surface area contributed by atoms with E-state index in [1.54, 1.807) is 0 Å². The quantitative estimate of drug-likeness (QED) is 0.765. The van der Waals surface area contributed by atoms with E-state index in [4.69, 9.17) is 9.84 Å². The summed E-state index contributed by atoms with van der Waals surface area (Å²) in [4.78, 5) is 26.9. The van der Waals surface area contributed by atoms with Gasteiger partial charge in [0.25, 0.3) is 0 Å². The van der Waals surface area contributed by atoms with Crippen LogP contribution in [-0.4, -0.2) is 71.2 Å². The van der Waals surface area contributed by atoms with Gasteiger partial charge in [-0.05, 0) is 40.5 Å². The van der Waals surface area contributed by atoms with Crippen LogP contribution in [0.25, 0.3) is 0 Å². The molecule has 0 saturated carbocycles. The highest BCUT2D eigenvalue weighted by Crippen LogP contribution is 2.14. The summed E-state index contributed by atoms with van der Waals surface area (Å²) >= 11 is 0. The second-order valence-corrected chi connectivity index (χ2v) is 6.17. The molecular formula is C15H28N2O4. The van der Waals surface area contributed by atoms with Gasteiger partial charge in [0, 0.05) is 25.2 Å². The first-order valence-corrected chi connectivity index (χ1v) is 7.68. The molecule has 122 valence electrons. The van der Waals surface area contributed by atoms with Crippen LogP contribution in [0.5, 0.6) is 0 Å². The standard InChI is InChI=1S/C15H28N2O4/c1-11(2)17(12(3)4)14(18)9-16-7-5-13(6-8-16)21-10-15(19)20/h11-13H,5-10H2,1-4H3,(H,19,20). The van der Waals surface area contributed by atoms with Gasteiger partial charge in [0.1, 0.15) is 6.61 Å². The van der Waals surface area contributed by atoms with Gasteiger partial charge in [-0.25, -0.2) is 4.79 Å². The molecule has 1 amide bonds. The summed E-state index contributed by atoms with van der Waals surface area (Å²) in [6, 6.07) is 0.405. The van der Waals surface area contributed by atoms with Crippen LogP contribution in [0.2, 0.25) is 0 Å². The van der Waals surface area contributed by atoms with Crippen LogP contribution in [0.3, 0.4) is 0 Å². The number of carbonyl (C=O) groups is 2. The zero-order chi connectivity index (χ0) is 16.0. The number of carboxylic acids is 1. The van der Waals surface area contributed by atoms with Crippen LogP contribution < -0.4 is 0 Å². The molecular weight excluding hydrogens is 272 g/mol. The number of ether oxygens (including phenoxy) is 1. The van der Waals surface area contributed by atoms with Crippen LogP contribution in [0.1, 0.15) is 40.5 Å². The third-order valence-electron chi connectivity index (χ3n) is 3.74. The van der Waals surface area contributed by atoms with Gasteiger partial charge < -0.3 is 14.7 Å². The summed E-state index contributed by atoms with van der Waals surface area (Å²) in [5.74, 6) is -0.776. The number of rotatable bonds is 7. The Kier molecular flexibility index (Phi) is 7.11. The summed E-state index contributed by atoms with van der Waals surface area (Å²) < 4.78 is 5.30. The number of amides is 1.